The van der Waals surface area contributed by atoms with E-state index in [1.165, 1.54) is 14.2 Å². The summed E-state index contributed by atoms with van der Waals surface area (Å²) in [7, 11) is 0. The van der Waals surface area contributed by atoms with Gasteiger partial charge in [-0.25, -0.2) is 0 Å². The van der Waals surface area contributed by atoms with Crippen LogP contribution in [0.4, 0.5) is 0 Å². The predicted octanol–water partition coefficient (Wildman–Crippen LogP) is 2.28. The van der Waals surface area contributed by atoms with Crippen LogP contribution in [0.15, 0.2) is 9.85 Å². The molecule has 1 aromatic heterocycles. The molecule has 0 aromatic carbocycles. The molecule has 9 heavy (non-hydrogen) atoms. The van der Waals surface area contributed by atoms with Gasteiger partial charge in [-0.15, -0.1) is 11.3 Å². The third kappa shape index (κ3) is 1.53. The minimum atomic E-state index is 0.647. The molecule has 0 radical (unpaired) electrons. The number of rotatable bonds is 1. The van der Waals surface area contributed by atoms with Crippen LogP contribution in [-0.4, -0.2) is 0 Å². The summed E-state index contributed by atoms with van der Waals surface area (Å²) in [5.74, 6) is 0. The third-order valence-electron chi connectivity index (χ3n) is 1.21. The van der Waals surface area contributed by atoms with Gasteiger partial charge in [0, 0.05) is 11.4 Å². The summed E-state index contributed by atoms with van der Waals surface area (Å²) in [6.07, 6.45) is 0. The van der Waals surface area contributed by atoms with Crippen molar-refractivity contribution < 1.29 is 0 Å². The van der Waals surface area contributed by atoms with Gasteiger partial charge in [0.15, 0.2) is 0 Å². The largest absolute Gasteiger partial charge is 0.326 e. The summed E-state index contributed by atoms with van der Waals surface area (Å²) in [6, 6.07) is 2.07. The fourth-order valence-corrected chi connectivity index (χ4v) is 2.45. The quantitative estimate of drug-likeness (QED) is 0.749. The number of nitrogens with two attached hydrogens (primary N) is 1. The van der Waals surface area contributed by atoms with Crippen LogP contribution in [0.25, 0.3) is 0 Å². The van der Waals surface area contributed by atoms with E-state index >= 15 is 0 Å². The van der Waals surface area contributed by atoms with Gasteiger partial charge in [-0.1, -0.05) is 0 Å². The highest BCUT2D eigenvalue weighted by molar-refractivity contribution is 9.11. The molecule has 0 aliphatic carbocycles. The van der Waals surface area contributed by atoms with Crippen molar-refractivity contribution in [2.24, 2.45) is 5.73 Å². The van der Waals surface area contributed by atoms with Crippen LogP contribution in [0.2, 0.25) is 0 Å². The van der Waals surface area contributed by atoms with Crippen LogP contribution in [0, 0.1) is 6.92 Å². The Balaban J connectivity index is 3.01. The third-order valence-corrected chi connectivity index (χ3v) is 2.81. The van der Waals surface area contributed by atoms with Crippen molar-refractivity contribution in [3.05, 3.63) is 20.3 Å². The topological polar surface area (TPSA) is 26.0 Å². The lowest BCUT2D eigenvalue weighted by Gasteiger charge is -1.88. The van der Waals surface area contributed by atoms with Gasteiger partial charge in [0.2, 0.25) is 0 Å². The molecule has 50 valence electrons. The summed E-state index contributed by atoms with van der Waals surface area (Å²) >= 11 is 5.12. The number of halogens is 1. The molecule has 0 bridgehead atoms. The maximum absolute atomic E-state index is 5.45. The Hall–Kier alpha value is 0.140. The van der Waals surface area contributed by atoms with E-state index in [0.717, 1.165) is 0 Å². The van der Waals surface area contributed by atoms with Gasteiger partial charge in [-0.2, -0.15) is 0 Å². The normalized spacial score (nSPS) is 10.1. The van der Waals surface area contributed by atoms with Crippen molar-refractivity contribution in [1.29, 1.82) is 0 Å². The summed E-state index contributed by atoms with van der Waals surface area (Å²) < 4.78 is 1.17. The van der Waals surface area contributed by atoms with E-state index in [1.54, 1.807) is 11.3 Å². The Bertz CT molecular complexity index is 207. The summed E-state index contributed by atoms with van der Waals surface area (Å²) in [5, 5.41) is 0. The van der Waals surface area contributed by atoms with Crippen LogP contribution in [-0.2, 0) is 6.54 Å². The minimum absolute atomic E-state index is 0.647. The van der Waals surface area contributed by atoms with Gasteiger partial charge in [0.05, 0.1) is 3.79 Å². The zero-order valence-electron chi connectivity index (χ0n) is 5.15. The highest BCUT2D eigenvalue weighted by atomic mass is 79.9. The van der Waals surface area contributed by atoms with Crippen molar-refractivity contribution in [2.75, 3.05) is 0 Å². The Morgan fingerprint density at radius 3 is 2.67 bits per heavy atom. The van der Waals surface area contributed by atoms with Crippen molar-refractivity contribution >= 4 is 27.3 Å². The maximum atomic E-state index is 5.45. The number of aryl methyl sites for hydroxylation is 1. The molecule has 1 rings (SSSR count). The second kappa shape index (κ2) is 2.82. The van der Waals surface area contributed by atoms with Gasteiger partial charge in [-0.3, -0.25) is 0 Å². The summed E-state index contributed by atoms with van der Waals surface area (Å²) in [6.45, 7) is 2.73. The van der Waals surface area contributed by atoms with E-state index in [4.69, 9.17) is 5.73 Å². The Kier molecular flexibility index (Phi) is 2.27. The van der Waals surface area contributed by atoms with Gasteiger partial charge in [0.25, 0.3) is 0 Å². The molecule has 0 atom stereocenters. The van der Waals surface area contributed by atoms with Crippen molar-refractivity contribution in [2.45, 2.75) is 13.5 Å². The first-order valence-corrected chi connectivity index (χ1v) is 4.30. The molecule has 0 amide bonds. The van der Waals surface area contributed by atoms with Crippen molar-refractivity contribution in [3.8, 4) is 0 Å². The maximum Gasteiger partial charge on any atom is 0.0704 e. The van der Waals surface area contributed by atoms with E-state index < -0.39 is 0 Å². The number of hydrogen-bond acceptors (Lipinski definition) is 2. The molecule has 1 heterocycles. The van der Waals surface area contributed by atoms with Crippen LogP contribution >= 0.6 is 27.3 Å². The van der Waals surface area contributed by atoms with E-state index in [1.807, 2.05) is 0 Å². The van der Waals surface area contributed by atoms with E-state index in [2.05, 4.69) is 28.9 Å². The van der Waals surface area contributed by atoms with Crippen molar-refractivity contribution in [1.82, 2.24) is 0 Å². The summed E-state index contributed by atoms with van der Waals surface area (Å²) in [4.78, 5) is 1.31. The molecule has 0 saturated heterocycles. The van der Waals surface area contributed by atoms with Gasteiger partial charge in [-0.05, 0) is 34.5 Å². The number of hydrogen-bond donors (Lipinski definition) is 1. The minimum Gasteiger partial charge on any atom is -0.326 e. The van der Waals surface area contributed by atoms with Gasteiger partial charge in [0.1, 0.15) is 0 Å². The first kappa shape index (κ1) is 7.25. The Morgan fingerprint density at radius 2 is 2.44 bits per heavy atom. The van der Waals surface area contributed by atoms with Gasteiger partial charge >= 0.3 is 0 Å². The first-order chi connectivity index (χ1) is 4.24. The van der Waals surface area contributed by atoms with E-state index in [9.17, 15) is 0 Å². The monoisotopic (exact) mass is 205 g/mol. The molecule has 0 aliphatic heterocycles. The van der Waals surface area contributed by atoms with Gasteiger partial charge < -0.3 is 5.73 Å². The Morgan fingerprint density at radius 1 is 1.78 bits per heavy atom. The Labute approximate surface area is 67.0 Å². The fraction of sp³-hybridized carbons (Fsp3) is 0.333. The highest BCUT2D eigenvalue weighted by Gasteiger charge is 1.99. The average molecular weight is 206 g/mol. The molecule has 1 aromatic rings. The van der Waals surface area contributed by atoms with Crippen LogP contribution in [0.3, 0.4) is 0 Å². The zero-order valence-corrected chi connectivity index (χ0v) is 7.55. The van der Waals surface area contributed by atoms with E-state index in [-0.39, 0.29) is 0 Å². The molecule has 1 nitrogen and oxygen atoms in total. The van der Waals surface area contributed by atoms with Crippen LogP contribution in [0.1, 0.15) is 10.4 Å². The molecule has 0 saturated carbocycles. The zero-order chi connectivity index (χ0) is 6.85. The SMILES string of the molecule is Cc1sc(Br)cc1CN. The second-order valence-corrected chi connectivity index (χ2v) is 4.47. The number of thiophene rings is 1. The molecule has 0 unspecified atom stereocenters. The average Bonchev–Trinajstić information content (AvgIpc) is 2.10. The molecule has 0 aliphatic rings. The second-order valence-electron chi connectivity index (χ2n) is 1.84. The molecule has 0 fully saturated rings. The standard InChI is InChI=1S/C6H8BrNS/c1-4-5(3-8)2-6(7)9-4/h2H,3,8H2,1H3. The molecular weight excluding hydrogens is 198 g/mol. The first-order valence-electron chi connectivity index (χ1n) is 2.69. The molecular formula is C6H8BrNS. The predicted molar refractivity (Wildman–Crippen MR) is 44.6 cm³/mol. The van der Waals surface area contributed by atoms with Crippen molar-refractivity contribution in [3.63, 3.8) is 0 Å². The molecule has 3 heteroatoms. The smallest absolute Gasteiger partial charge is 0.0704 e. The highest BCUT2D eigenvalue weighted by Crippen LogP contribution is 2.25. The van der Waals surface area contributed by atoms with E-state index in [0.29, 0.717) is 6.54 Å². The summed E-state index contributed by atoms with van der Waals surface area (Å²) in [5.41, 5.74) is 6.69. The molecule has 0 spiro atoms. The fourth-order valence-electron chi connectivity index (χ4n) is 0.683. The van der Waals surface area contributed by atoms with Crippen LogP contribution in [0.5, 0.6) is 0 Å². The molecule has 2 N–H and O–H groups in total. The lowest BCUT2D eigenvalue weighted by molar-refractivity contribution is 1.07. The lowest BCUT2D eigenvalue weighted by atomic mass is 10.3. The van der Waals surface area contributed by atoms with Crippen LogP contribution < -0.4 is 5.73 Å². The lowest BCUT2D eigenvalue weighted by Crippen LogP contribution is -1.94.